The van der Waals surface area contributed by atoms with Gasteiger partial charge in [0.15, 0.2) is 0 Å². The molecule has 7 nitrogen and oxygen atoms in total. The maximum atomic E-state index is 9.44. The molecule has 0 bridgehead atoms. The summed E-state index contributed by atoms with van der Waals surface area (Å²) in [4.78, 5) is 28.3. The van der Waals surface area contributed by atoms with Gasteiger partial charge in [0.05, 0.1) is 13.0 Å². The number of carboxylic acid groups (broad SMARTS) is 3. The van der Waals surface area contributed by atoms with E-state index in [1.807, 2.05) is 0 Å². The summed E-state index contributed by atoms with van der Waals surface area (Å²) in [6.07, 6.45) is -0.958. The Bertz CT molecular complexity index is 173. The van der Waals surface area contributed by atoms with E-state index in [1.54, 1.807) is 0 Å². The zero-order valence-electron chi connectivity index (χ0n) is 6.63. The van der Waals surface area contributed by atoms with Gasteiger partial charge < -0.3 is 20.4 Å². The number of rotatable bonds is 4. The van der Waals surface area contributed by atoms with E-state index in [4.69, 9.17) is 20.4 Å². The minimum absolute atomic E-state index is 0.153. The summed E-state index contributed by atoms with van der Waals surface area (Å²) in [6, 6.07) is 0. The molecule has 76 valence electrons. The molecule has 0 amide bonds. The van der Waals surface area contributed by atoms with Crippen LogP contribution in [-0.2, 0) is 14.4 Å². The highest BCUT2D eigenvalue weighted by atomic mass is 16.4. The van der Waals surface area contributed by atoms with Crippen LogP contribution in [0.25, 0.3) is 0 Å². The van der Waals surface area contributed by atoms with E-state index < -0.39 is 24.3 Å². The average molecular weight is 194 g/mol. The molecule has 0 fully saturated rings. The van der Waals surface area contributed by atoms with Gasteiger partial charge in [-0.1, -0.05) is 0 Å². The van der Waals surface area contributed by atoms with Crippen molar-refractivity contribution in [3.8, 4) is 0 Å². The van der Waals surface area contributed by atoms with Crippen molar-refractivity contribution < 1.29 is 34.8 Å². The van der Waals surface area contributed by atoms with E-state index in [-0.39, 0.29) is 13.0 Å². The summed E-state index contributed by atoms with van der Waals surface area (Å²) in [5, 5.41) is 31.0. The van der Waals surface area contributed by atoms with Crippen molar-refractivity contribution in [2.75, 3.05) is 6.61 Å². The van der Waals surface area contributed by atoms with Crippen molar-refractivity contribution in [1.82, 2.24) is 0 Å². The molecule has 0 heterocycles. The summed E-state index contributed by atoms with van der Waals surface area (Å²) in [7, 11) is 0. The second-order valence-corrected chi connectivity index (χ2v) is 1.83. The molecule has 0 atom stereocenters. The van der Waals surface area contributed by atoms with Crippen LogP contribution in [0.4, 0.5) is 0 Å². The first-order valence-electron chi connectivity index (χ1n) is 3.16. The molecular weight excluding hydrogens is 184 g/mol. The second kappa shape index (κ2) is 8.47. The first-order chi connectivity index (χ1) is 5.90. The van der Waals surface area contributed by atoms with Gasteiger partial charge in [0.1, 0.15) is 6.42 Å². The summed E-state index contributed by atoms with van der Waals surface area (Å²) in [6.45, 7) is -0.269. The monoisotopic (exact) mass is 194 g/mol. The second-order valence-electron chi connectivity index (χ2n) is 1.83. The fourth-order valence-electron chi connectivity index (χ4n) is 0.225. The highest BCUT2D eigenvalue weighted by Crippen LogP contribution is 1.74. The molecule has 0 aromatic carbocycles. The van der Waals surface area contributed by atoms with Gasteiger partial charge in [-0.2, -0.15) is 0 Å². The summed E-state index contributed by atoms with van der Waals surface area (Å²) < 4.78 is 0. The largest absolute Gasteiger partial charge is 0.481 e. The molecule has 0 saturated heterocycles. The summed E-state index contributed by atoms with van der Waals surface area (Å²) in [5.74, 6) is -3.59. The highest BCUT2D eigenvalue weighted by Gasteiger charge is 2.01. The van der Waals surface area contributed by atoms with Crippen molar-refractivity contribution in [2.45, 2.75) is 12.8 Å². The van der Waals surface area contributed by atoms with Crippen LogP contribution in [0.15, 0.2) is 0 Å². The number of aliphatic hydroxyl groups is 1. The van der Waals surface area contributed by atoms with E-state index in [1.165, 1.54) is 0 Å². The fourth-order valence-corrected chi connectivity index (χ4v) is 0.225. The Morgan fingerprint density at radius 1 is 0.846 bits per heavy atom. The predicted molar refractivity (Wildman–Crippen MR) is 39.2 cm³/mol. The van der Waals surface area contributed by atoms with E-state index in [9.17, 15) is 14.4 Å². The van der Waals surface area contributed by atoms with Crippen LogP contribution in [0.2, 0.25) is 0 Å². The SMILES string of the molecule is O=C(O)CC(=O)O.O=C(O)CCO. The number of carbonyl (C=O) groups is 3. The molecule has 7 heteroatoms. The number of hydrogen-bond donors (Lipinski definition) is 4. The number of aliphatic hydroxyl groups excluding tert-OH is 1. The third-order valence-electron chi connectivity index (χ3n) is 0.628. The van der Waals surface area contributed by atoms with Gasteiger partial charge in [-0.15, -0.1) is 0 Å². The molecule has 13 heavy (non-hydrogen) atoms. The molecule has 0 rings (SSSR count). The Morgan fingerprint density at radius 2 is 1.23 bits per heavy atom. The van der Waals surface area contributed by atoms with E-state index in [0.717, 1.165) is 0 Å². The fraction of sp³-hybridized carbons (Fsp3) is 0.500. The zero-order chi connectivity index (χ0) is 10.9. The molecule has 4 N–H and O–H groups in total. The van der Waals surface area contributed by atoms with E-state index >= 15 is 0 Å². The van der Waals surface area contributed by atoms with Crippen molar-refractivity contribution in [3.05, 3.63) is 0 Å². The third-order valence-corrected chi connectivity index (χ3v) is 0.628. The first-order valence-corrected chi connectivity index (χ1v) is 3.16. The summed E-state index contributed by atoms with van der Waals surface area (Å²) in [5.41, 5.74) is 0. The molecule has 0 aliphatic heterocycles. The summed E-state index contributed by atoms with van der Waals surface area (Å²) >= 11 is 0. The van der Waals surface area contributed by atoms with Crippen molar-refractivity contribution >= 4 is 17.9 Å². The third kappa shape index (κ3) is 25.2. The maximum absolute atomic E-state index is 9.44. The van der Waals surface area contributed by atoms with Gasteiger partial charge in [-0.25, -0.2) is 0 Å². The number of hydrogen-bond acceptors (Lipinski definition) is 4. The zero-order valence-corrected chi connectivity index (χ0v) is 6.63. The van der Waals surface area contributed by atoms with E-state index in [0.29, 0.717) is 0 Å². The lowest BCUT2D eigenvalue weighted by Gasteiger charge is -1.80. The van der Waals surface area contributed by atoms with Crippen LogP contribution in [0.1, 0.15) is 12.8 Å². The molecule has 0 saturated carbocycles. The van der Waals surface area contributed by atoms with Gasteiger partial charge in [0, 0.05) is 0 Å². The van der Waals surface area contributed by atoms with Crippen LogP contribution in [0.3, 0.4) is 0 Å². The lowest BCUT2D eigenvalue weighted by Crippen LogP contribution is -2.03. The van der Waals surface area contributed by atoms with Crippen LogP contribution < -0.4 is 0 Å². The number of carboxylic acids is 3. The topological polar surface area (TPSA) is 132 Å². The van der Waals surface area contributed by atoms with Crippen molar-refractivity contribution in [1.29, 1.82) is 0 Å². The molecule has 0 unspecified atom stereocenters. The molecule has 0 aliphatic rings. The van der Waals surface area contributed by atoms with Gasteiger partial charge >= 0.3 is 17.9 Å². The van der Waals surface area contributed by atoms with Crippen molar-refractivity contribution in [2.24, 2.45) is 0 Å². The predicted octanol–water partition coefficient (Wildman–Crippen LogP) is -1.00. The molecule has 0 aromatic rings. The maximum Gasteiger partial charge on any atom is 0.314 e. The lowest BCUT2D eigenvalue weighted by atomic mass is 10.5. The first kappa shape index (κ1) is 13.9. The lowest BCUT2D eigenvalue weighted by molar-refractivity contribution is -0.147. The van der Waals surface area contributed by atoms with Crippen LogP contribution >= 0.6 is 0 Å². The minimum atomic E-state index is -1.31. The molecule has 0 aromatic heterocycles. The van der Waals surface area contributed by atoms with Gasteiger partial charge in [-0.05, 0) is 0 Å². The van der Waals surface area contributed by atoms with Gasteiger partial charge in [-0.3, -0.25) is 14.4 Å². The van der Waals surface area contributed by atoms with Crippen LogP contribution in [0, 0.1) is 0 Å². The Balaban J connectivity index is 0. The average Bonchev–Trinajstić information content (AvgIpc) is 1.83. The molecule has 0 aliphatic carbocycles. The molecular formula is C6H10O7. The number of aliphatic carboxylic acids is 3. The van der Waals surface area contributed by atoms with Gasteiger partial charge in [0.2, 0.25) is 0 Å². The Hall–Kier alpha value is -1.63. The molecule has 0 spiro atoms. The standard InChI is InChI=1S/C3H4O4.C3H6O3/c4-2(5)1-3(6)7;4-2-1-3(5)6/h1H2,(H,4,5)(H,6,7);4H,1-2H2,(H,5,6). The van der Waals surface area contributed by atoms with Crippen molar-refractivity contribution in [3.63, 3.8) is 0 Å². The van der Waals surface area contributed by atoms with Crippen LogP contribution in [-0.4, -0.2) is 44.9 Å². The van der Waals surface area contributed by atoms with Crippen LogP contribution in [0.5, 0.6) is 0 Å². The normalized spacial score (nSPS) is 8.08. The quantitative estimate of drug-likeness (QED) is 0.422. The van der Waals surface area contributed by atoms with Gasteiger partial charge in [0.25, 0.3) is 0 Å². The Kier molecular flexibility index (Phi) is 9.07. The van der Waals surface area contributed by atoms with E-state index in [2.05, 4.69) is 0 Å². The molecule has 0 radical (unpaired) electrons. The Morgan fingerprint density at radius 3 is 1.23 bits per heavy atom. The minimum Gasteiger partial charge on any atom is -0.481 e. The smallest absolute Gasteiger partial charge is 0.314 e. The Labute approximate surface area is 73.2 Å². The highest BCUT2D eigenvalue weighted by molar-refractivity contribution is 5.88.